The second-order valence-electron chi connectivity index (χ2n) is 5.58. The molecule has 1 heterocycles. The zero-order chi connectivity index (χ0) is 14.9. The van der Waals surface area contributed by atoms with Gasteiger partial charge in [0.1, 0.15) is 5.78 Å². The Morgan fingerprint density at radius 2 is 1.85 bits per heavy atom. The average Bonchev–Trinajstić information content (AvgIpc) is 2.65. The molecule has 0 saturated carbocycles. The van der Waals surface area contributed by atoms with Crippen LogP contribution in [0.25, 0.3) is 0 Å². The number of benzene rings is 1. The Morgan fingerprint density at radius 1 is 1.25 bits per heavy atom. The Balaban J connectivity index is 2.28. The first kappa shape index (κ1) is 14.2. The van der Waals surface area contributed by atoms with Crippen LogP contribution in [-0.4, -0.2) is 28.3 Å². The lowest BCUT2D eigenvalue weighted by Crippen LogP contribution is -2.45. The van der Waals surface area contributed by atoms with Crippen LogP contribution in [0.3, 0.4) is 0 Å². The molecule has 1 aliphatic heterocycles. The monoisotopic (exact) mass is 275 g/mol. The topological polar surface area (TPSA) is 63.7 Å². The third kappa shape index (κ3) is 2.57. The van der Waals surface area contributed by atoms with Crippen molar-refractivity contribution in [2.24, 2.45) is 0 Å². The van der Waals surface area contributed by atoms with Crippen LogP contribution in [0, 0.1) is 0 Å². The van der Waals surface area contributed by atoms with Gasteiger partial charge in [-0.3, -0.25) is 9.59 Å². The second-order valence-corrected chi connectivity index (χ2v) is 5.58. The summed E-state index contributed by atoms with van der Waals surface area (Å²) in [6.07, 6.45) is 0.132. The third-order valence-electron chi connectivity index (χ3n) is 3.23. The van der Waals surface area contributed by atoms with Crippen LogP contribution in [0.15, 0.2) is 30.3 Å². The highest BCUT2D eigenvalue weighted by molar-refractivity contribution is 6.07. The van der Waals surface area contributed by atoms with Crippen LogP contribution in [0.5, 0.6) is 0 Å². The molecule has 1 aromatic rings. The predicted molar refractivity (Wildman–Crippen MR) is 71.5 cm³/mol. The number of rotatable bonds is 4. The maximum atomic E-state index is 12.4. The Bertz CT molecular complexity index is 550. The molecule has 0 bridgehead atoms. The van der Waals surface area contributed by atoms with Gasteiger partial charge in [-0.15, -0.1) is 0 Å². The summed E-state index contributed by atoms with van der Waals surface area (Å²) in [6, 6.07) is 8.76. The third-order valence-corrected chi connectivity index (χ3v) is 3.23. The standard InChI is InChI=1S/C15H17NO4/c1-10(17)9-15(2,3)16-13(18)12(14(19)20-16)11-7-5-4-6-8-11/h4-8,12H,9H2,1-3H3. The molecule has 0 N–H and O–H groups in total. The Labute approximate surface area is 117 Å². The van der Waals surface area contributed by atoms with E-state index in [9.17, 15) is 14.4 Å². The first-order chi connectivity index (χ1) is 9.33. The Hall–Kier alpha value is -2.17. The summed E-state index contributed by atoms with van der Waals surface area (Å²) in [5.74, 6) is -2.03. The first-order valence-corrected chi connectivity index (χ1v) is 6.43. The maximum Gasteiger partial charge on any atom is 0.349 e. The van der Waals surface area contributed by atoms with Gasteiger partial charge in [0, 0.05) is 6.42 Å². The predicted octanol–water partition coefficient (Wildman–Crippen LogP) is 1.83. The summed E-state index contributed by atoms with van der Waals surface area (Å²) >= 11 is 0. The van der Waals surface area contributed by atoms with Gasteiger partial charge in [-0.1, -0.05) is 30.3 Å². The van der Waals surface area contributed by atoms with E-state index in [2.05, 4.69) is 0 Å². The van der Waals surface area contributed by atoms with Crippen LogP contribution in [0.2, 0.25) is 0 Å². The van der Waals surface area contributed by atoms with E-state index in [4.69, 9.17) is 4.84 Å². The van der Waals surface area contributed by atoms with Crippen molar-refractivity contribution < 1.29 is 19.2 Å². The minimum atomic E-state index is -0.942. The summed E-state index contributed by atoms with van der Waals surface area (Å²) in [5.41, 5.74) is -0.245. The largest absolute Gasteiger partial charge is 0.349 e. The summed E-state index contributed by atoms with van der Waals surface area (Å²) in [4.78, 5) is 40.7. The number of carbonyl (C=O) groups excluding carboxylic acids is 3. The van der Waals surface area contributed by atoms with Gasteiger partial charge < -0.3 is 4.84 Å². The molecule has 2 rings (SSSR count). The Morgan fingerprint density at radius 3 is 2.40 bits per heavy atom. The van der Waals surface area contributed by atoms with E-state index in [1.165, 1.54) is 6.92 Å². The van der Waals surface area contributed by atoms with Crippen LogP contribution in [0.1, 0.15) is 38.7 Å². The van der Waals surface area contributed by atoms with Crippen molar-refractivity contribution in [3.63, 3.8) is 0 Å². The van der Waals surface area contributed by atoms with Crippen molar-refractivity contribution in [2.45, 2.75) is 38.6 Å². The number of nitrogens with zero attached hydrogens (tertiary/aromatic N) is 1. The van der Waals surface area contributed by atoms with Crippen LogP contribution in [0.4, 0.5) is 0 Å². The SMILES string of the molecule is CC(=O)CC(C)(C)N1OC(=O)C(c2ccccc2)C1=O. The van der Waals surface area contributed by atoms with Gasteiger partial charge >= 0.3 is 5.97 Å². The van der Waals surface area contributed by atoms with E-state index in [0.717, 1.165) is 5.06 Å². The molecular formula is C15H17NO4. The fraction of sp³-hybridized carbons (Fsp3) is 0.400. The van der Waals surface area contributed by atoms with E-state index >= 15 is 0 Å². The van der Waals surface area contributed by atoms with Gasteiger partial charge in [0.2, 0.25) is 0 Å². The maximum absolute atomic E-state index is 12.4. The quantitative estimate of drug-likeness (QED) is 0.786. The van der Waals surface area contributed by atoms with Crippen LogP contribution in [-0.2, 0) is 19.2 Å². The lowest BCUT2D eigenvalue weighted by molar-refractivity contribution is -0.199. The molecule has 0 spiro atoms. The van der Waals surface area contributed by atoms with Crippen molar-refractivity contribution in [3.05, 3.63) is 35.9 Å². The van der Waals surface area contributed by atoms with E-state index in [1.807, 2.05) is 6.07 Å². The number of hydrogen-bond donors (Lipinski definition) is 0. The highest BCUT2D eigenvalue weighted by Crippen LogP contribution is 2.33. The van der Waals surface area contributed by atoms with E-state index in [1.54, 1.807) is 38.1 Å². The lowest BCUT2D eigenvalue weighted by atomic mass is 9.94. The van der Waals surface area contributed by atoms with Gasteiger partial charge in [0.05, 0.1) is 5.54 Å². The van der Waals surface area contributed by atoms with Crippen molar-refractivity contribution in [2.75, 3.05) is 0 Å². The van der Waals surface area contributed by atoms with Crippen molar-refractivity contribution >= 4 is 17.7 Å². The smallest absolute Gasteiger partial charge is 0.336 e. The van der Waals surface area contributed by atoms with Gasteiger partial charge in [-0.25, -0.2) is 4.79 Å². The van der Waals surface area contributed by atoms with Crippen LogP contribution >= 0.6 is 0 Å². The summed E-state index contributed by atoms with van der Waals surface area (Å²) in [5, 5.41) is 1.04. The molecule has 1 fully saturated rings. The number of amides is 1. The molecule has 106 valence electrons. The normalized spacial score (nSPS) is 19.1. The molecule has 0 radical (unpaired) electrons. The van der Waals surface area contributed by atoms with E-state index in [0.29, 0.717) is 5.56 Å². The summed E-state index contributed by atoms with van der Waals surface area (Å²) in [6.45, 7) is 4.85. The van der Waals surface area contributed by atoms with E-state index < -0.39 is 23.3 Å². The number of hydrogen-bond acceptors (Lipinski definition) is 4. The Kier molecular flexibility index (Phi) is 3.61. The molecule has 1 saturated heterocycles. The molecule has 1 atom stereocenters. The number of hydroxylamine groups is 2. The zero-order valence-corrected chi connectivity index (χ0v) is 11.8. The van der Waals surface area contributed by atoms with Gasteiger partial charge in [-0.05, 0) is 26.3 Å². The van der Waals surface area contributed by atoms with Crippen molar-refractivity contribution in [3.8, 4) is 0 Å². The van der Waals surface area contributed by atoms with Gasteiger partial charge in [-0.2, -0.15) is 5.06 Å². The zero-order valence-electron chi connectivity index (χ0n) is 11.8. The van der Waals surface area contributed by atoms with Gasteiger partial charge in [0.15, 0.2) is 5.92 Å². The molecular weight excluding hydrogens is 258 g/mol. The number of Topliss-reactive ketones (excluding diaryl/α,β-unsaturated/α-hetero) is 1. The minimum Gasteiger partial charge on any atom is -0.336 e. The molecule has 0 aliphatic carbocycles. The average molecular weight is 275 g/mol. The van der Waals surface area contributed by atoms with E-state index in [-0.39, 0.29) is 12.2 Å². The van der Waals surface area contributed by atoms with Crippen molar-refractivity contribution in [1.29, 1.82) is 0 Å². The highest BCUT2D eigenvalue weighted by atomic mass is 16.7. The fourth-order valence-corrected chi connectivity index (χ4v) is 2.43. The fourth-order valence-electron chi connectivity index (χ4n) is 2.43. The molecule has 0 aromatic heterocycles. The summed E-state index contributed by atoms with van der Waals surface area (Å²) in [7, 11) is 0. The molecule has 1 unspecified atom stereocenters. The molecule has 1 aliphatic rings. The van der Waals surface area contributed by atoms with Crippen molar-refractivity contribution in [1.82, 2.24) is 5.06 Å². The van der Waals surface area contributed by atoms with Gasteiger partial charge in [0.25, 0.3) is 5.91 Å². The first-order valence-electron chi connectivity index (χ1n) is 6.43. The molecule has 5 heteroatoms. The molecule has 5 nitrogen and oxygen atoms in total. The highest BCUT2D eigenvalue weighted by Gasteiger charge is 2.49. The summed E-state index contributed by atoms with van der Waals surface area (Å²) < 4.78 is 0. The number of carbonyl (C=O) groups is 3. The molecule has 20 heavy (non-hydrogen) atoms. The lowest BCUT2D eigenvalue weighted by Gasteiger charge is -2.31. The molecule has 1 amide bonds. The molecule has 1 aromatic carbocycles. The number of ketones is 1. The minimum absolute atomic E-state index is 0.0676. The van der Waals surface area contributed by atoms with Crippen LogP contribution < -0.4 is 0 Å². The second kappa shape index (κ2) is 5.07.